The highest BCUT2D eigenvalue weighted by Crippen LogP contribution is 2.26. The summed E-state index contributed by atoms with van der Waals surface area (Å²) in [6.07, 6.45) is -4.29. The van der Waals surface area contributed by atoms with Gasteiger partial charge in [-0.1, -0.05) is 32.4 Å². The Morgan fingerprint density at radius 1 is 1.35 bits per heavy atom. The lowest BCUT2D eigenvalue weighted by atomic mass is 9.92. The molecule has 1 aromatic rings. The zero-order chi connectivity index (χ0) is 15.3. The second kappa shape index (κ2) is 6.42. The molecule has 0 spiro atoms. The lowest BCUT2D eigenvalue weighted by molar-refractivity contribution is -0.174. The molecule has 3 nitrogen and oxygen atoms in total. The number of carbonyl (C=O) groups excluding carboxylic acids is 1. The smallest absolute Gasteiger partial charge is 0.341 e. The predicted molar refractivity (Wildman–Crippen MR) is 67.6 cm³/mol. The molecule has 2 atom stereocenters. The summed E-state index contributed by atoms with van der Waals surface area (Å²) in [4.78, 5) is 11.1. The third-order valence-corrected chi connectivity index (χ3v) is 3.16. The zero-order valence-corrected chi connectivity index (χ0v) is 11.2. The second-order valence-electron chi connectivity index (χ2n) is 4.57. The van der Waals surface area contributed by atoms with Gasteiger partial charge in [-0.2, -0.15) is 18.4 Å². The minimum absolute atomic E-state index is 0.158. The fourth-order valence-corrected chi connectivity index (χ4v) is 1.78. The number of amides is 1. The van der Waals surface area contributed by atoms with Crippen molar-refractivity contribution >= 4 is 5.91 Å². The monoisotopic (exact) mass is 284 g/mol. The summed E-state index contributed by atoms with van der Waals surface area (Å²) in [7, 11) is 0. The van der Waals surface area contributed by atoms with Crippen LogP contribution in [0.5, 0.6) is 0 Å². The first-order chi connectivity index (χ1) is 9.29. The van der Waals surface area contributed by atoms with Crippen LogP contribution in [0.25, 0.3) is 0 Å². The van der Waals surface area contributed by atoms with E-state index in [1.807, 2.05) is 18.3 Å². The Labute approximate surface area is 115 Å². The average molecular weight is 284 g/mol. The summed E-state index contributed by atoms with van der Waals surface area (Å²) in [5.41, 5.74) is 0.967. The van der Waals surface area contributed by atoms with Crippen molar-refractivity contribution in [2.75, 3.05) is 0 Å². The summed E-state index contributed by atoms with van der Waals surface area (Å²) < 4.78 is 37.1. The summed E-state index contributed by atoms with van der Waals surface area (Å²) in [6.45, 7) is 3.60. The number of hydrogen-bond donors (Lipinski definition) is 1. The Morgan fingerprint density at radius 3 is 2.30 bits per heavy atom. The summed E-state index contributed by atoms with van der Waals surface area (Å²) in [6, 6.07) is 7.36. The van der Waals surface area contributed by atoms with Crippen LogP contribution in [0.4, 0.5) is 13.2 Å². The van der Waals surface area contributed by atoms with Crippen LogP contribution in [0, 0.1) is 17.2 Å². The first kappa shape index (κ1) is 16.0. The molecule has 0 radical (unpaired) electrons. The molecule has 1 N–H and O–H groups in total. The molecule has 0 aliphatic carbocycles. The largest absolute Gasteiger partial charge is 0.471 e. The lowest BCUT2D eigenvalue weighted by Gasteiger charge is -2.25. The highest BCUT2D eigenvalue weighted by Gasteiger charge is 2.40. The summed E-state index contributed by atoms with van der Waals surface area (Å²) >= 11 is 0. The molecule has 1 amide bonds. The van der Waals surface area contributed by atoms with Crippen molar-refractivity contribution in [3.63, 3.8) is 0 Å². The van der Waals surface area contributed by atoms with Crippen LogP contribution in [0.1, 0.15) is 37.4 Å². The van der Waals surface area contributed by atoms with Gasteiger partial charge in [-0.15, -0.1) is 0 Å². The predicted octanol–water partition coefficient (Wildman–Crippen LogP) is 3.32. The minimum Gasteiger partial charge on any atom is -0.341 e. The van der Waals surface area contributed by atoms with E-state index in [0.29, 0.717) is 17.5 Å². The quantitative estimate of drug-likeness (QED) is 0.922. The molecule has 0 aliphatic rings. The van der Waals surface area contributed by atoms with Crippen LogP contribution >= 0.6 is 0 Å². The van der Waals surface area contributed by atoms with Crippen molar-refractivity contribution < 1.29 is 18.0 Å². The second-order valence-corrected chi connectivity index (χ2v) is 4.57. The zero-order valence-electron chi connectivity index (χ0n) is 11.2. The van der Waals surface area contributed by atoms with Crippen LogP contribution in [0.3, 0.4) is 0 Å². The fraction of sp³-hybridized carbons (Fsp3) is 0.429. The Morgan fingerprint density at radius 2 is 1.90 bits per heavy atom. The Hall–Kier alpha value is -2.03. The number of nitriles is 1. The van der Waals surface area contributed by atoms with E-state index in [9.17, 15) is 18.0 Å². The first-order valence-electron chi connectivity index (χ1n) is 6.17. The van der Waals surface area contributed by atoms with Gasteiger partial charge < -0.3 is 5.32 Å². The molecule has 108 valence electrons. The van der Waals surface area contributed by atoms with Gasteiger partial charge in [0.25, 0.3) is 0 Å². The van der Waals surface area contributed by atoms with E-state index in [2.05, 4.69) is 0 Å². The van der Waals surface area contributed by atoms with E-state index < -0.39 is 18.1 Å². The van der Waals surface area contributed by atoms with E-state index in [0.717, 1.165) is 0 Å². The van der Waals surface area contributed by atoms with Crippen molar-refractivity contribution in [1.29, 1.82) is 5.26 Å². The van der Waals surface area contributed by atoms with Gasteiger partial charge in [0.2, 0.25) is 0 Å². The molecule has 1 rings (SSSR count). The highest BCUT2D eigenvalue weighted by molar-refractivity contribution is 5.82. The minimum atomic E-state index is -4.90. The SMILES string of the molecule is CCC(C)C(NC(=O)C(F)(F)F)c1ccc(C#N)cc1. The van der Waals surface area contributed by atoms with Gasteiger partial charge >= 0.3 is 12.1 Å². The maximum Gasteiger partial charge on any atom is 0.471 e. The molecule has 6 heteroatoms. The van der Waals surface area contributed by atoms with Crippen LogP contribution in [0.15, 0.2) is 24.3 Å². The Bertz CT molecular complexity index is 503. The van der Waals surface area contributed by atoms with Crippen LogP contribution in [0.2, 0.25) is 0 Å². The maximum absolute atomic E-state index is 12.4. The third-order valence-electron chi connectivity index (χ3n) is 3.16. The molecular weight excluding hydrogens is 269 g/mol. The average Bonchev–Trinajstić information content (AvgIpc) is 2.42. The molecule has 20 heavy (non-hydrogen) atoms. The highest BCUT2D eigenvalue weighted by atomic mass is 19.4. The normalized spacial score (nSPS) is 14.2. The van der Waals surface area contributed by atoms with Crippen molar-refractivity contribution in [3.05, 3.63) is 35.4 Å². The molecular formula is C14H15F3N2O. The Balaban J connectivity index is 3.00. The molecule has 0 saturated carbocycles. The van der Waals surface area contributed by atoms with E-state index >= 15 is 0 Å². The van der Waals surface area contributed by atoms with Gasteiger partial charge in [-0.3, -0.25) is 4.79 Å². The number of nitrogens with zero attached hydrogens (tertiary/aromatic N) is 1. The molecule has 0 saturated heterocycles. The van der Waals surface area contributed by atoms with Gasteiger partial charge in [0.1, 0.15) is 0 Å². The molecule has 0 aromatic heterocycles. The van der Waals surface area contributed by atoms with E-state index in [1.54, 1.807) is 19.1 Å². The number of halogens is 3. The number of rotatable bonds is 4. The van der Waals surface area contributed by atoms with Gasteiger partial charge in [0.15, 0.2) is 0 Å². The third kappa shape index (κ3) is 3.98. The molecule has 0 bridgehead atoms. The number of nitrogens with one attached hydrogen (secondary N) is 1. The molecule has 0 fully saturated rings. The fourth-order valence-electron chi connectivity index (χ4n) is 1.78. The van der Waals surface area contributed by atoms with Crippen LogP contribution in [-0.4, -0.2) is 12.1 Å². The van der Waals surface area contributed by atoms with Crippen molar-refractivity contribution in [3.8, 4) is 6.07 Å². The van der Waals surface area contributed by atoms with Gasteiger partial charge in [-0.25, -0.2) is 0 Å². The van der Waals surface area contributed by atoms with Crippen LogP contribution in [-0.2, 0) is 4.79 Å². The van der Waals surface area contributed by atoms with E-state index in [1.165, 1.54) is 12.1 Å². The number of benzene rings is 1. The van der Waals surface area contributed by atoms with Crippen molar-refractivity contribution in [2.24, 2.45) is 5.92 Å². The number of carbonyl (C=O) groups is 1. The number of hydrogen-bond acceptors (Lipinski definition) is 2. The maximum atomic E-state index is 12.4. The molecule has 0 aliphatic heterocycles. The molecule has 0 heterocycles. The first-order valence-corrected chi connectivity index (χ1v) is 6.17. The number of alkyl halides is 3. The van der Waals surface area contributed by atoms with E-state index in [4.69, 9.17) is 5.26 Å². The van der Waals surface area contributed by atoms with Crippen molar-refractivity contribution in [2.45, 2.75) is 32.5 Å². The standard InChI is InChI=1S/C14H15F3N2O/c1-3-9(2)12(19-13(20)14(15,16)17)11-6-4-10(8-18)5-7-11/h4-7,9,12H,3H2,1-2H3,(H,19,20). The molecule has 1 aromatic carbocycles. The summed E-state index contributed by atoms with van der Waals surface area (Å²) in [5, 5.41) is 10.7. The van der Waals surface area contributed by atoms with Gasteiger partial charge in [-0.05, 0) is 23.6 Å². The van der Waals surface area contributed by atoms with Crippen LogP contribution < -0.4 is 5.32 Å². The summed E-state index contributed by atoms with van der Waals surface area (Å²) in [5.74, 6) is -2.11. The lowest BCUT2D eigenvalue weighted by Crippen LogP contribution is -2.41. The van der Waals surface area contributed by atoms with Gasteiger partial charge in [0, 0.05) is 0 Å². The van der Waals surface area contributed by atoms with E-state index in [-0.39, 0.29) is 5.92 Å². The molecule has 2 unspecified atom stereocenters. The van der Waals surface area contributed by atoms with Crippen molar-refractivity contribution in [1.82, 2.24) is 5.32 Å². The topological polar surface area (TPSA) is 52.9 Å². The van der Waals surface area contributed by atoms with Gasteiger partial charge in [0.05, 0.1) is 17.7 Å². The Kier molecular flexibility index (Phi) is 5.14.